The fraction of sp³-hybridized carbons (Fsp3) is 0.348. The Morgan fingerprint density at radius 3 is 2.75 bits per heavy atom. The minimum atomic E-state index is -0.481. The molecule has 3 aromatic rings. The van der Waals surface area contributed by atoms with E-state index in [0.29, 0.717) is 29.0 Å². The number of fused-ring (bicyclic) bond motifs is 1. The fourth-order valence-electron chi connectivity index (χ4n) is 3.66. The second-order valence-electron chi connectivity index (χ2n) is 7.73. The molecule has 1 aromatic heterocycles. The molecular weight excluding hydrogens is 456 g/mol. The zero-order valence-electron chi connectivity index (χ0n) is 17.4. The Morgan fingerprint density at radius 1 is 1.16 bits per heavy atom. The van der Waals surface area contributed by atoms with Gasteiger partial charge in [0.25, 0.3) is 0 Å². The van der Waals surface area contributed by atoms with E-state index in [1.807, 2.05) is 5.01 Å². The van der Waals surface area contributed by atoms with Crippen LogP contribution in [0.1, 0.15) is 29.8 Å². The second-order valence-corrected chi connectivity index (χ2v) is 8.57. The SMILES string of the molecule is O=C(NN1CCC(NCCCOc2ccc(Cl)c(F)c2)CC1)c1cc2cc(Cl)ccc2o1. The summed E-state index contributed by atoms with van der Waals surface area (Å²) >= 11 is 11.7. The van der Waals surface area contributed by atoms with Gasteiger partial charge in [0, 0.05) is 35.6 Å². The summed E-state index contributed by atoms with van der Waals surface area (Å²) in [5, 5.41) is 6.92. The van der Waals surface area contributed by atoms with E-state index in [2.05, 4.69) is 10.7 Å². The van der Waals surface area contributed by atoms with Crippen LogP contribution in [0.15, 0.2) is 46.9 Å². The summed E-state index contributed by atoms with van der Waals surface area (Å²) in [6.45, 7) is 2.78. The van der Waals surface area contributed by atoms with Crippen molar-refractivity contribution in [3.05, 3.63) is 64.1 Å². The number of halogens is 3. The van der Waals surface area contributed by atoms with Crippen LogP contribution in [0.2, 0.25) is 10.0 Å². The second kappa shape index (κ2) is 10.5. The van der Waals surface area contributed by atoms with Gasteiger partial charge in [-0.05, 0) is 62.2 Å². The van der Waals surface area contributed by atoms with E-state index < -0.39 is 5.82 Å². The predicted molar refractivity (Wildman–Crippen MR) is 123 cm³/mol. The summed E-state index contributed by atoms with van der Waals surface area (Å²) in [5.41, 5.74) is 3.55. The molecule has 4 rings (SSSR count). The summed E-state index contributed by atoms with van der Waals surface area (Å²) in [7, 11) is 0. The van der Waals surface area contributed by atoms with Gasteiger partial charge in [0.1, 0.15) is 17.1 Å². The van der Waals surface area contributed by atoms with Crippen LogP contribution in [0.4, 0.5) is 4.39 Å². The predicted octanol–water partition coefficient (Wildman–Crippen LogP) is 5.05. The first kappa shape index (κ1) is 22.9. The molecule has 170 valence electrons. The van der Waals surface area contributed by atoms with Crippen molar-refractivity contribution in [2.45, 2.75) is 25.3 Å². The maximum absolute atomic E-state index is 13.4. The molecule has 1 aliphatic heterocycles. The molecule has 0 bridgehead atoms. The van der Waals surface area contributed by atoms with E-state index >= 15 is 0 Å². The van der Waals surface area contributed by atoms with Crippen molar-refractivity contribution in [2.75, 3.05) is 26.2 Å². The highest BCUT2D eigenvalue weighted by molar-refractivity contribution is 6.31. The molecule has 1 amide bonds. The minimum absolute atomic E-state index is 0.0871. The van der Waals surface area contributed by atoms with Gasteiger partial charge in [0.2, 0.25) is 0 Å². The average molecular weight is 480 g/mol. The molecule has 0 radical (unpaired) electrons. The van der Waals surface area contributed by atoms with E-state index in [0.717, 1.165) is 44.3 Å². The van der Waals surface area contributed by atoms with Crippen LogP contribution in [0.3, 0.4) is 0 Å². The number of rotatable bonds is 8. The van der Waals surface area contributed by atoms with Crippen LogP contribution in [-0.2, 0) is 0 Å². The Kier molecular flexibility index (Phi) is 7.52. The summed E-state index contributed by atoms with van der Waals surface area (Å²) in [4.78, 5) is 12.5. The van der Waals surface area contributed by atoms with E-state index in [-0.39, 0.29) is 16.7 Å². The van der Waals surface area contributed by atoms with Gasteiger partial charge < -0.3 is 14.5 Å². The standard InChI is InChI=1S/C23H24Cl2FN3O3/c24-16-2-5-21-15(12-16)13-22(32-21)23(30)28-29-9-6-17(7-10-29)27-8-1-11-31-18-3-4-19(25)20(26)14-18/h2-5,12-14,17,27H,1,6-11H2,(H,28,30). The van der Waals surface area contributed by atoms with E-state index in [9.17, 15) is 9.18 Å². The molecule has 32 heavy (non-hydrogen) atoms. The third kappa shape index (κ3) is 5.92. The number of nitrogens with zero attached hydrogens (tertiary/aromatic N) is 1. The molecular formula is C23H24Cl2FN3O3. The van der Waals surface area contributed by atoms with Crippen molar-refractivity contribution in [3.8, 4) is 5.75 Å². The van der Waals surface area contributed by atoms with Crippen molar-refractivity contribution < 1.29 is 18.3 Å². The number of hydrogen-bond acceptors (Lipinski definition) is 5. The first-order valence-electron chi connectivity index (χ1n) is 10.5. The first-order valence-corrected chi connectivity index (χ1v) is 11.3. The molecule has 1 saturated heterocycles. The van der Waals surface area contributed by atoms with Gasteiger partial charge in [-0.15, -0.1) is 0 Å². The largest absolute Gasteiger partial charge is 0.493 e. The average Bonchev–Trinajstić information content (AvgIpc) is 3.20. The third-order valence-corrected chi connectivity index (χ3v) is 5.91. The monoisotopic (exact) mass is 479 g/mol. The van der Waals surface area contributed by atoms with Crippen LogP contribution >= 0.6 is 23.2 Å². The number of carbonyl (C=O) groups excluding carboxylic acids is 1. The zero-order chi connectivity index (χ0) is 22.5. The lowest BCUT2D eigenvalue weighted by molar-refractivity contribution is 0.0696. The van der Waals surface area contributed by atoms with Crippen molar-refractivity contribution >= 4 is 40.1 Å². The quantitative estimate of drug-likeness (QED) is 0.442. The highest BCUT2D eigenvalue weighted by Crippen LogP contribution is 2.23. The normalized spacial score (nSPS) is 15.2. The summed E-state index contributed by atoms with van der Waals surface area (Å²) in [6, 6.07) is 11.8. The molecule has 0 atom stereocenters. The lowest BCUT2D eigenvalue weighted by atomic mass is 10.1. The number of nitrogens with one attached hydrogen (secondary N) is 2. The molecule has 0 unspecified atom stereocenters. The van der Waals surface area contributed by atoms with Crippen LogP contribution in [0.25, 0.3) is 11.0 Å². The number of furan rings is 1. The first-order chi connectivity index (χ1) is 15.5. The highest BCUT2D eigenvalue weighted by Gasteiger charge is 2.22. The fourth-order valence-corrected chi connectivity index (χ4v) is 3.95. The number of carbonyl (C=O) groups is 1. The summed E-state index contributed by atoms with van der Waals surface area (Å²) in [6.07, 6.45) is 2.63. The maximum atomic E-state index is 13.4. The van der Waals surface area contributed by atoms with Crippen LogP contribution in [0, 0.1) is 5.82 Å². The van der Waals surface area contributed by atoms with E-state index in [1.165, 1.54) is 12.1 Å². The maximum Gasteiger partial charge on any atom is 0.301 e. The number of hydrogen-bond donors (Lipinski definition) is 2. The number of piperidine rings is 1. The van der Waals surface area contributed by atoms with Gasteiger partial charge in [-0.2, -0.15) is 0 Å². The molecule has 0 spiro atoms. The van der Waals surface area contributed by atoms with Crippen molar-refractivity contribution in [2.24, 2.45) is 0 Å². The smallest absolute Gasteiger partial charge is 0.301 e. The Hall–Kier alpha value is -2.32. The summed E-state index contributed by atoms with van der Waals surface area (Å²) in [5.74, 6) is -0.00281. The van der Waals surface area contributed by atoms with Crippen molar-refractivity contribution in [3.63, 3.8) is 0 Å². The number of amides is 1. The molecule has 2 N–H and O–H groups in total. The van der Waals surface area contributed by atoms with Crippen LogP contribution < -0.4 is 15.5 Å². The Labute approximate surface area is 195 Å². The number of ether oxygens (including phenoxy) is 1. The molecule has 1 fully saturated rings. The molecule has 6 nitrogen and oxygen atoms in total. The van der Waals surface area contributed by atoms with Gasteiger partial charge >= 0.3 is 5.91 Å². The Morgan fingerprint density at radius 2 is 1.97 bits per heavy atom. The zero-order valence-corrected chi connectivity index (χ0v) is 18.9. The topological polar surface area (TPSA) is 66.7 Å². The van der Waals surface area contributed by atoms with Gasteiger partial charge in [-0.25, -0.2) is 9.40 Å². The van der Waals surface area contributed by atoms with E-state index in [4.69, 9.17) is 32.4 Å². The van der Waals surface area contributed by atoms with Gasteiger partial charge in [-0.3, -0.25) is 10.2 Å². The summed E-state index contributed by atoms with van der Waals surface area (Å²) < 4.78 is 24.6. The molecule has 2 heterocycles. The van der Waals surface area contributed by atoms with Gasteiger partial charge in [-0.1, -0.05) is 23.2 Å². The lowest BCUT2D eigenvalue weighted by Crippen LogP contribution is -2.50. The number of hydrazine groups is 1. The molecule has 1 aliphatic rings. The van der Waals surface area contributed by atoms with Gasteiger partial charge in [0.05, 0.1) is 11.6 Å². The minimum Gasteiger partial charge on any atom is -0.493 e. The van der Waals surface area contributed by atoms with Crippen molar-refractivity contribution in [1.29, 1.82) is 0 Å². The molecule has 0 saturated carbocycles. The third-order valence-electron chi connectivity index (χ3n) is 5.37. The highest BCUT2D eigenvalue weighted by atomic mass is 35.5. The van der Waals surface area contributed by atoms with Crippen molar-refractivity contribution in [1.82, 2.24) is 15.8 Å². The Bertz CT molecular complexity index is 1080. The molecule has 0 aliphatic carbocycles. The van der Waals surface area contributed by atoms with Gasteiger partial charge in [0.15, 0.2) is 5.76 Å². The Balaban J connectivity index is 1.14. The van der Waals surface area contributed by atoms with Crippen LogP contribution in [0.5, 0.6) is 5.75 Å². The van der Waals surface area contributed by atoms with E-state index in [1.54, 1.807) is 30.3 Å². The number of benzene rings is 2. The lowest BCUT2D eigenvalue weighted by Gasteiger charge is -2.32. The van der Waals surface area contributed by atoms with Crippen LogP contribution in [-0.4, -0.2) is 43.2 Å². The molecule has 2 aromatic carbocycles. The molecule has 9 heteroatoms.